The number of hydrazone groups is 1. The molecule has 0 aromatic heterocycles. The molecule has 0 aliphatic carbocycles. The van der Waals surface area contributed by atoms with E-state index in [0.29, 0.717) is 5.71 Å². The van der Waals surface area contributed by atoms with Crippen molar-refractivity contribution in [1.82, 2.24) is 10.7 Å². The minimum Gasteiger partial charge on any atom is -0.349 e. The Labute approximate surface area is 176 Å². The van der Waals surface area contributed by atoms with Gasteiger partial charge in [-0.3, -0.25) is 9.59 Å². The molecule has 152 valence electrons. The van der Waals surface area contributed by atoms with Crippen molar-refractivity contribution < 1.29 is 9.59 Å². The molecule has 0 heterocycles. The third kappa shape index (κ3) is 5.88. The molecule has 3 rings (SSSR count). The van der Waals surface area contributed by atoms with E-state index in [-0.39, 0.29) is 18.2 Å². The summed E-state index contributed by atoms with van der Waals surface area (Å²) in [6.07, 6.45) is 0.0863. The minimum absolute atomic E-state index is 0.0863. The Balaban J connectivity index is 1.80. The van der Waals surface area contributed by atoms with Gasteiger partial charge in [0.05, 0.1) is 18.2 Å². The van der Waals surface area contributed by atoms with Crippen molar-refractivity contribution in [3.8, 4) is 0 Å². The van der Waals surface area contributed by atoms with Crippen LogP contribution in [0.15, 0.2) is 90.0 Å². The summed E-state index contributed by atoms with van der Waals surface area (Å²) >= 11 is 0. The Morgan fingerprint density at radius 1 is 0.833 bits per heavy atom. The highest BCUT2D eigenvalue weighted by atomic mass is 16.2. The second-order valence-electron chi connectivity index (χ2n) is 7.10. The topological polar surface area (TPSA) is 70.6 Å². The molecular weight excluding hydrogens is 374 g/mol. The van der Waals surface area contributed by atoms with Crippen LogP contribution in [0.25, 0.3) is 0 Å². The molecule has 3 aromatic rings. The van der Waals surface area contributed by atoms with Gasteiger partial charge in [-0.15, -0.1) is 0 Å². The molecule has 1 unspecified atom stereocenters. The van der Waals surface area contributed by atoms with Gasteiger partial charge in [0, 0.05) is 18.1 Å². The molecule has 0 saturated carbocycles. The summed E-state index contributed by atoms with van der Waals surface area (Å²) in [6, 6.07) is 26.7. The van der Waals surface area contributed by atoms with Crippen LogP contribution in [0.1, 0.15) is 41.6 Å². The molecule has 5 heteroatoms. The van der Waals surface area contributed by atoms with E-state index >= 15 is 0 Å². The van der Waals surface area contributed by atoms with Gasteiger partial charge in [0.25, 0.3) is 0 Å². The quantitative estimate of drug-likeness (QED) is 0.463. The second-order valence-corrected chi connectivity index (χ2v) is 7.10. The SMILES string of the molecule is CC(=O)NC(CC(=O)NN=C(c1ccccc1)c1ccccc1)c1ccc(C)cc1. The number of carbonyl (C=O) groups is 2. The molecule has 5 nitrogen and oxygen atoms in total. The fraction of sp³-hybridized carbons (Fsp3) is 0.160. The molecule has 0 saturated heterocycles. The first-order chi connectivity index (χ1) is 14.5. The predicted octanol–water partition coefficient (Wildman–Crippen LogP) is 4.13. The third-order valence-corrected chi connectivity index (χ3v) is 4.63. The van der Waals surface area contributed by atoms with Crippen molar-refractivity contribution in [1.29, 1.82) is 0 Å². The summed E-state index contributed by atoms with van der Waals surface area (Å²) < 4.78 is 0. The third-order valence-electron chi connectivity index (χ3n) is 4.63. The van der Waals surface area contributed by atoms with E-state index in [1.165, 1.54) is 6.92 Å². The molecule has 2 N–H and O–H groups in total. The van der Waals surface area contributed by atoms with Gasteiger partial charge in [0.2, 0.25) is 11.8 Å². The molecular formula is C25H25N3O2. The highest BCUT2D eigenvalue weighted by molar-refractivity contribution is 6.13. The van der Waals surface area contributed by atoms with Gasteiger partial charge in [0.1, 0.15) is 0 Å². The molecule has 30 heavy (non-hydrogen) atoms. The fourth-order valence-corrected chi connectivity index (χ4v) is 3.13. The Hall–Kier alpha value is -3.73. The van der Waals surface area contributed by atoms with Crippen LogP contribution in [0.3, 0.4) is 0 Å². The maximum atomic E-state index is 12.7. The summed E-state index contributed by atoms with van der Waals surface area (Å²) in [5.41, 5.74) is 7.14. The summed E-state index contributed by atoms with van der Waals surface area (Å²) in [7, 11) is 0. The highest BCUT2D eigenvalue weighted by Gasteiger charge is 2.17. The minimum atomic E-state index is -0.421. The van der Waals surface area contributed by atoms with Crippen LogP contribution in [0.5, 0.6) is 0 Å². The van der Waals surface area contributed by atoms with Crippen LogP contribution >= 0.6 is 0 Å². The fourth-order valence-electron chi connectivity index (χ4n) is 3.13. The van der Waals surface area contributed by atoms with E-state index in [0.717, 1.165) is 22.3 Å². The lowest BCUT2D eigenvalue weighted by Crippen LogP contribution is -2.31. The summed E-state index contributed by atoms with van der Waals surface area (Å²) in [4.78, 5) is 24.3. The molecule has 0 spiro atoms. The van der Waals surface area contributed by atoms with Crippen molar-refractivity contribution >= 4 is 17.5 Å². The summed E-state index contributed by atoms with van der Waals surface area (Å²) in [6.45, 7) is 3.44. The van der Waals surface area contributed by atoms with Crippen LogP contribution in [0.4, 0.5) is 0 Å². The van der Waals surface area contributed by atoms with E-state index in [2.05, 4.69) is 15.8 Å². The lowest BCUT2D eigenvalue weighted by Gasteiger charge is -2.18. The van der Waals surface area contributed by atoms with Crippen LogP contribution < -0.4 is 10.7 Å². The van der Waals surface area contributed by atoms with Crippen LogP contribution in [0, 0.1) is 6.92 Å². The van der Waals surface area contributed by atoms with Gasteiger partial charge in [-0.05, 0) is 12.5 Å². The van der Waals surface area contributed by atoms with Crippen molar-refractivity contribution in [2.75, 3.05) is 0 Å². The zero-order valence-corrected chi connectivity index (χ0v) is 17.1. The lowest BCUT2D eigenvalue weighted by molar-refractivity contribution is -0.122. The van der Waals surface area contributed by atoms with Crippen molar-refractivity contribution in [3.63, 3.8) is 0 Å². The first-order valence-corrected chi connectivity index (χ1v) is 9.84. The van der Waals surface area contributed by atoms with E-state index in [9.17, 15) is 9.59 Å². The molecule has 0 bridgehead atoms. The number of hydrogen-bond donors (Lipinski definition) is 2. The number of aryl methyl sites for hydroxylation is 1. The number of hydrogen-bond acceptors (Lipinski definition) is 3. The van der Waals surface area contributed by atoms with Gasteiger partial charge in [-0.25, -0.2) is 5.43 Å². The number of amides is 2. The molecule has 0 radical (unpaired) electrons. The van der Waals surface area contributed by atoms with Gasteiger partial charge in [-0.1, -0.05) is 90.5 Å². The van der Waals surface area contributed by atoms with Gasteiger partial charge in [-0.2, -0.15) is 5.10 Å². The summed E-state index contributed by atoms with van der Waals surface area (Å²) in [5.74, 6) is -0.468. The van der Waals surface area contributed by atoms with Crippen LogP contribution in [-0.2, 0) is 9.59 Å². The van der Waals surface area contributed by atoms with E-state index in [1.54, 1.807) is 0 Å². The molecule has 3 aromatic carbocycles. The van der Waals surface area contributed by atoms with Crippen molar-refractivity contribution in [3.05, 3.63) is 107 Å². The Bertz CT molecular complexity index is 972. The zero-order valence-electron chi connectivity index (χ0n) is 17.1. The van der Waals surface area contributed by atoms with E-state index < -0.39 is 6.04 Å². The first kappa shape index (κ1) is 21.0. The molecule has 0 aliphatic rings. The predicted molar refractivity (Wildman–Crippen MR) is 119 cm³/mol. The van der Waals surface area contributed by atoms with Gasteiger partial charge >= 0.3 is 0 Å². The summed E-state index contributed by atoms with van der Waals surface area (Å²) in [5, 5.41) is 7.26. The number of carbonyl (C=O) groups excluding carboxylic acids is 2. The average molecular weight is 399 g/mol. The second kappa shape index (κ2) is 10.2. The normalized spacial score (nSPS) is 11.3. The standard InChI is InChI=1S/C25H25N3O2/c1-18-13-15-20(16-14-18)23(26-19(2)29)17-24(30)27-28-25(21-9-5-3-6-10-21)22-11-7-4-8-12-22/h3-16,23H,17H2,1-2H3,(H,26,29)(H,27,30). The molecule has 0 aliphatic heterocycles. The molecule has 0 fully saturated rings. The van der Waals surface area contributed by atoms with E-state index in [1.807, 2.05) is 91.9 Å². The Kier molecular flexibility index (Phi) is 7.11. The zero-order chi connectivity index (χ0) is 21.3. The highest BCUT2D eigenvalue weighted by Crippen LogP contribution is 2.18. The maximum absolute atomic E-state index is 12.7. The monoisotopic (exact) mass is 399 g/mol. The van der Waals surface area contributed by atoms with Gasteiger partial charge in [0.15, 0.2) is 0 Å². The molecule has 2 amide bonds. The number of nitrogens with zero attached hydrogens (tertiary/aromatic N) is 1. The van der Waals surface area contributed by atoms with Crippen LogP contribution in [0.2, 0.25) is 0 Å². The van der Waals surface area contributed by atoms with Crippen LogP contribution in [-0.4, -0.2) is 17.5 Å². The Morgan fingerprint density at radius 3 is 1.87 bits per heavy atom. The number of benzene rings is 3. The largest absolute Gasteiger partial charge is 0.349 e. The van der Waals surface area contributed by atoms with E-state index in [4.69, 9.17) is 0 Å². The smallest absolute Gasteiger partial charge is 0.242 e. The van der Waals surface area contributed by atoms with Crippen molar-refractivity contribution in [2.45, 2.75) is 26.3 Å². The first-order valence-electron chi connectivity index (χ1n) is 9.84. The molecule has 1 atom stereocenters. The van der Waals surface area contributed by atoms with Crippen molar-refractivity contribution in [2.24, 2.45) is 5.10 Å². The average Bonchev–Trinajstić information content (AvgIpc) is 2.75. The Morgan fingerprint density at radius 2 is 1.37 bits per heavy atom. The number of nitrogens with one attached hydrogen (secondary N) is 2. The maximum Gasteiger partial charge on any atom is 0.242 e. The number of rotatable bonds is 7. The lowest BCUT2D eigenvalue weighted by atomic mass is 10.0. The van der Waals surface area contributed by atoms with Gasteiger partial charge < -0.3 is 5.32 Å².